The summed E-state index contributed by atoms with van der Waals surface area (Å²) in [5.74, 6) is -2.91. The third-order valence-corrected chi connectivity index (χ3v) is 6.42. The number of aryl methyl sites for hydroxylation is 1. The van der Waals surface area contributed by atoms with Gasteiger partial charge in [0.2, 0.25) is 0 Å². The van der Waals surface area contributed by atoms with E-state index in [4.69, 9.17) is 5.73 Å². The van der Waals surface area contributed by atoms with Crippen LogP contribution in [0.1, 0.15) is 21.5 Å². The number of phenols is 1. The highest BCUT2D eigenvalue weighted by atomic mass is 32.2. The Labute approximate surface area is 209 Å². The van der Waals surface area contributed by atoms with Gasteiger partial charge in [-0.2, -0.15) is 16.8 Å². The summed E-state index contributed by atoms with van der Waals surface area (Å²) >= 11 is 0. The minimum atomic E-state index is -4.84. The van der Waals surface area contributed by atoms with Crippen molar-refractivity contribution in [2.24, 2.45) is 15.3 Å². The molecule has 0 saturated heterocycles. The quantitative estimate of drug-likeness (QED) is 0.0752. The molecule has 0 aliphatic carbocycles. The van der Waals surface area contributed by atoms with Crippen molar-refractivity contribution in [3.05, 3.63) is 71.3 Å². The van der Waals surface area contributed by atoms with Crippen LogP contribution in [0.15, 0.2) is 79.7 Å². The molecule has 192 valence electrons. The monoisotopic (exact) mass is 548 g/mol. The maximum Gasteiger partial charge on any atom is 0.479 e. The predicted molar refractivity (Wildman–Crippen MR) is 128 cm³/mol. The zero-order chi connectivity index (χ0) is 27.5. The molecule has 3 rings (SSSR count). The fourth-order valence-electron chi connectivity index (χ4n) is 3.02. The number of carbonyl (C=O) groups is 1. The van der Waals surface area contributed by atoms with Gasteiger partial charge < -0.3 is 15.9 Å². The summed E-state index contributed by atoms with van der Waals surface area (Å²) in [5.41, 5.74) is 4.71. The highest BCUT2D eigenvalue weighted by Gasteiger charge is 2.27. The summed E-state index contributed by atoms with van der Waals surface area (Å²) in [7, 11) is -9.65. The van der Waals surface area contributed by atoms with Crippen molar-refractivity contribution in [1.29, 1.82) is 0 Å². The van der Waals surface area contributed by atoms with Crippen LogP contribution in [0.25, 0.3) is 0 Å². The molecule has 0 heterocycles. The topological polar surface area (TPSA) is 243 Å². The molecule has 14 nitrogen and oxygen atoms in total. The number of aromatic hydroxyl groups is 1. The lowest BCUT2D eigenvalue weighted by atomic mass is 10.1. The van der Waals surface area contributed by atoms with Crippen LogP contribution >= 0.6 is 0 Å². The highest BCUT2D eigenvalue weighted by Crippen LogP contribution is 2.35. The summed E-state index contributed by atoms with van der Waals surface area (Å²) in [6, 6.07) is 10.8. The first-order valence-corrected chi connectivity index (χ1v) is 12.8. The lowest BCUT2D eigenvalue weighted by Gasteiger charge is -2.04. The van der Waals surface area contributed by atoms with Crippen molar-refractivity contribution < 1.29 is 45.7 Å². The maximum atomic E-state index is 11.9. The average molecular weight is 549 g/mol. The first-order valence-electron chi connectivity index (χ1n) is 9.89. The average Bonchev–Trinajstić information content (AvgIpc) is 2.80. The molecular formula is C21H18N5O9S2+. The third kappa shape index (κ3) is 6.40. The number of carboxylic acids is 1. The number of azo groups is 1. The van der Waals surface area contributed by atoms with Crippen molar-refractivity contribution in [3.8, 4) is 5.75 Å². The Bertz CT molecular complexity index is 1730. The molecule has 0 radical (unpaired) electrons. The molecule has 6 N–H and O–H groups in total. The lowest BCUT2D eigenvalue weighted by molar-refractivity contribution is -0.0784. The van der Waals surface area contributed by atoms with Crippen molar-refractivity contribution >= 4 is 49.1 Å². The molecule has 0 unspecified atom stereocenters. The van der Waals surface area contributed by atoms with Gasteiger partial charge in [-0.3, -0.25) is 9.11 Å². The number of nitrogen functional groups attached to an aromatic ring is 1. The second-order valence-corrected chi connectivity index (χ2v) is 10.2. The molecule has 0 atom stereocenters. The number of benzene rings is 3. The fourth-order valence-corrected chi connectivity index (χ4v) is 4.39. The maximum absolute atomic E-state index is 11.9. The Morgan fingerprint density at radius 1 is 0.892 bits per heavy atom. The first kappa shape index (κ1) is 27.1. The van der Waals surface area contributed by atoms with Gasteiger partial charge in [0.15, 0.2) is 11.4 Å². The van der Waals surface area contributed by atoms with Crippen molar-refractivity contribution in [2.45, 2.75) is 16.7 Å². The molecule has 16 heteroatoms. The van der Waals surface area contributed by atoms with Crippen molar-refractivity contribution in [3.63, 3.8) is 0 Å². The fraction of sp³-hybridized carbons (Fsp3) is 0.0476. The normalized spacial score (nSPS) is 11.8. The van der Waals surface area contributed by atoms with E-state index >= 15 is 0 Å². The number of carboxylic acid groups (broad SMARTS) is 1. The number of nitrogens with zero attached hydrogens (tertiary/aromatic N) is 4. The van der Waals surface area contributed by atoms with Gasteiger partial charge in [-0.15, -0.1) is 0 Å². The van der Waals surface area contributed by atoms with Gasteiger partial charge in [-0.05, 0) is 60.1 Å². The van der Waals surface area contributed by atoms with Crippen LogP contribution in [-0.2, 0) is 20.2 Å². The molecule has 0 saturated carbocycles. The summed E-state index contributed by atoms with van der Waals surface area (Å²) in [4.78, 5) is 13.9. The Kier molecular flexibility index (Phi) is 7.52. The Morgan fingerprint density at radius 2 is 1.54 bits per heavy atom. The van der Waals surface area contributed by atoms with Gasteiger partial charge in [-0.25, -0.2) is 4.79 Å². The number of phenolic OH excluding ortho intramolecular Hbond substituents is 1. The van der Waals surface area contributed by atoms with E-state index in [1.807, 2.05) is 0 Å². The summed E-state index contributed by atoms with van der Waals surface area (Å²) in [6.45, 7) is 1.44. The number of rotatable bonds is 6. The van der Waals surface area contributed by atoms with Crippen LogP contribution in [0.4, 0.5) is 17.1 Å². The van der Waals surface area contributed by atoms with Crippen molar-refractivity contribution in [2.75, 3.05) is 5.73 Å². The van der Waals surface area contributed by atoms with E-state index in [0.29, 0.717) is 0 Å². The van der Waals surface area contributed by atoms with Gasteiger partial charge in [0, 0.05) is 10.8 Å². The van der Waals surface area contributed by atoms with Gasteiger partial charge in [0.25, 0.3) is 20.2 Å². The molecule has 0 aliphatic rings. The SMILES string of the molecule is Cc1cc(N=NC(=[N+]=Nc2ccc(N)cc2C(=O)O)c2ccccc2S(=O)(=O)O)c(O)c(S(=O)(=O)O)c1. The van der Waals surface area contributed by atoms with E-state index in [2.05, 4.69) is 20.1 Å². The molecule has 0 aliphatic heterocycles. The van der Waals surface area contributed by atoms with Crippen LogP contribution in [0.5, 0.6) is 5.75 Å². The number of amidine groups is 1. The number of aromatic carboxylic acids is 1. The molecule has 0 bridgehead atoms. The largest absolute Gasteiger partial charge is 0.504 e. The van der Waals surface area contributed by atoms with Crippen LogP contribution < -0.4 is 5.73 Å². The molecular weight excluding hydrogens is 530 g/mol. The summed E-state index contributed by atoms with van der Waals surface area (Å²) in [6.07, 6.45) is 0. The molecule has 3 aromatic rings. The smallest absolute Gasteiger partial charge is 0.479 e. The van der Waals surface area contributed by atoms with Crippen LogP contribution in [-0.4, -0.2) is 52.7 Å². The zero-order valence-corrected chi connectivity index (χ0v) is 20.3. The summed E-state index contributed by atoms with van der Waals surface area (Å²) < 4.78 is 66.0. The van der Waals surface area contributed by atoms with E-state index < -0.39 is 53.3 Å². The number of nitrogens with two attached hydrogens (primary N) is 1. The lowest BCUT2D eigenvalue weighted by Crippen LogP contribution is -2.08. The molecule has 3 aromatic carbocycles. The third-order valence-electron chi connectivity index (χ3n) is 4.64. The second-order valence-electron chi connectivity index (χ2n) is 7.38. The van der Waals surface area contributed by atoms with Gasteiger partial charge >= 0.3 is 11.8 Å². The van der Waals surface area contributed by atoms with E-state index in [-0.39, 0.29) is 28.1 Å². The minimum Gasteiger partial charge on any atom is -0.504 e. The standard InChI is InChI=1S/C21H17N5O9S2/c1-11-8-16(19(27)18(9-11)37(33,34)35)24-26-20(13-4-2-3-5-17(13)36(30,31)32)25-23-15-7-6-12(22)10-14(15)21(28)29/h2-10H,1H3,(H5,22,25,26,27,28,29,30,31,32,33,34,35)/p+1. The van der Waals surface area contributed by atoms with Crippen LogP contribution in [0, 0.1) is 6.92 Å². The van der Waals surface area contributed by atoms with Crippen LogP contribution in [0.3, 0.4) is 0 Å². The van der Waals surface area contributed by atoms with Crippen LogP contribution in [0.2, 0.25) is 0 Å². The molecule has 0 spiro atoms. The zero-order valence-electron chi connectivity index (χ0n) is 18.7. The Morgan fingerprint density at radius 3 is 2.16 bits per heavy atom. The molecule has 37 heavy (non-hydrogen) atoms. The highest BCUT2D eigenvalue weighted by molar-refractivity contribution is 7.86. The number of hydrogen-bond donors (Lipinski definition) is 5. The second kappa shape index (κ2) is 10.3. The van der Waals surface area contributed by atoms with Gasteiger partial charge in [0.05, 0.1) is 5.56 Å². The molecule has 0 amide bonds. The predicted octanol–water partition coefficient (Wildman–Crippen LogP) is 3.00. The first-order chi connectivity index (χ1) is 17.2. The van der Waals surface area contributed by atoms with E-state index in [1.54, 1.807) is 0 Å². The van der Waals surface area contributed by atoms with Crippen molar-refractivity contribution in [1.82, 2.24) is 0 Å². The van der Waals surface area contributed by atoms with E-state index in [1.165, 1.54) is 43.3 Å². The van der Waals surface area contributed by atoms with E-state index in [9.17, 15) is 40.9 Å². The molecule has 0 fully saturated rings. The van der Waals surface area contributed by atoms with Gasteiger partial charge in [0.1, 0.15) is 26.2 Å². The number of anilines is 1. The van der Waals surface area contributed by atoms with E-state index in [0.717, 1.165) is 18.2 Å². The number of hydrogen-bond acceptors (Lipinski definition) is 9. The molecule has 0 aromatic heterocycles. The summed E-state index contributed by atoms with van der Waals surface area (Å²) in [5, 5.41) is 31.0. The Hall–Kier alpha value is -4.47. The Balaban J connectivity index is 2.31. The minimum absolute atomic E-state index is 0.126. The van der Waals surface area contributed by atoms with Gasteiger partial charge in [-0.1, -0.05) is 16.9 Å².